The summed E-state index contributed by atoms with van der Waals surface area (Å²) in [7, 11) is 1.35. The number of hydrogen-bond acceptors (Lipinski definition) is 4. The number of nitrogens with two attached hydrogens (primary N) is 1. The highest BCUT2D eigenvalue weighted by Crippen LogP contribution is 2.23. The lowest BCUT2D eigenvalue weighted by molar-refractivity contribution is -0.140. The second kappa shape index (κ2) is 33.8. The molecule has 0 aliphatic carbocycles. The second-order valence-electron chi connectivity index (χ2n) is 19.4. The molecule has 6 aromatic carbocycles. The van der Waals surface area contributed by atoms with Gasteiger partial charge in [-0.15, -0.1) is 6.58 Å². The number of aryl methyl sites for hydroxylation is 6. The first-order chi connectivity index (χ1) is 34.3. The molecule has 396 valence electrons. The summed E-state index contributed by atoms with van der Waals surface area (Å²) in [5, 5.41) is 2.92. The molecule has 73 heavy (non-hydrogen) atoms. The number of allylic oxidation sites excluding steroid dienone is 2. The van der Waals surface area contributed by atoms with Crippen LogP contribution < -0.4 is 11.1 Å². The number of halogens is 5. The molecular formula is C63H81F4IN2O3. The largest absolute Gasteiger partial charge is 0.469 e. The Hall–Kier alpha value is -5.85. The summed E-state index contributed by atoms with van der Waals surface area (Å²) in [5.41, 5.74) is 16.0. The highest BCUT2D eigenvalue weighted by molar-refractivity contribution is 14.1. The first-order valence-electron chi connectivity index (χ1n) is 24.4. The van der Waals surface area contributed by atoms with Crippen LogP contribution >= 0.6 is 22.6 Å². The topological polar surface area (TPSA) is 81.4 Å². The molecule has 0 saturated heterocycles. The van der Waals surface area contributed by atoms with Crippen LogP contribution in [-0.2, 0) is 51.1 Å². The molecule has 0 aliphatic rings. The predicted octanol–water partition coefficient (Wildman–Crippen LogP) is 16.7. The first-order valence-corrected chi connectivity index (χ1v) is 25.5. The molecular weight excluding hydrogens is 1040 g/mol. The quantitative estimate of drug-likeness (QED) is 0.0620. The van der Waals surface area contributed by atoms with Crippen molar-refractivity contribution in [1.29, 1.82) is 0 Å². The Balaban J connectivity index is 0.000000926. The number of carbonyl (C=O) groups is 2. The maximum absolute atomic E-state index is 13.5. The number of benzene rings is 6. The van der Waals surface area contributed by atoms with Gasteiger partial charge >= 0.3 is 5.97 Å². The van der Waals surface area contributed by atoms with Crippen molar-refractivity contribution in [2.75, 3.05) is 7.11 Å². The van der Waals surface area contributed by atoms with E-state index in [1.54, 1.807) is 58.0 Å². The van der Waals surface area contributed by atoms with Gasteiger partial charge in [0.1, 0.15) is 23.3 Å². The van der Waals surface area contributed by atoms with Gasteiger partial charge in [0.15, 0.2) is 0 Å². The van der Waals surface area contributed by atoms with E-state index in [9.17, 15) is 27.2 Å². The minimum Gasteiger partial charge on any atom is -0.469 e. The lowest BCUT2D eigenvalue weighted by Crippen LogP contribution is -2.23. The van der Waals surface area contributed by atoms with Crippen molar-refractivity contribution in [3.8, 4) is 0 Å². The van der Waals surface area contributed by atoms with Crippen molar-refractivity contribution in [2.24, 2.45) is 5.73 Å². The summed E-state index contributed by atoms with van der Waals surface area (Å²) in [4.78, 5) is 22.8. The number of hydrogen-bond donors (Lipinski definition) is 2. The number of methoxy groups -OCH3 is 1. The molecule has 5 nitrogen and oxygen atoms in total. The van der Waals surface area contributed by atoms with Crippen LogP contribution in [0.15, 0.2) is 140 Å². The summed E-state index contributed by atoms with van der Waals surface area (Å²) in [6.07, 6.45) is 7.24. The predicted molar refractivity (Wildman–Crippen MR) is 309 cm³/mol. The molecule has 0 unspecified atom stereocenters. The molecule has 0 aliphatic heterocycles. The SMILES string of the molecule is C/C=C/c1ccc(C)c(F)c1.C=CC.CC(C)(C)c1ccc(CN)cc1.COC(=O)CCc1ccc(C)c(F)c1.Cc1ccc(CCC(=O)NCc2ccc(C(C)(C)C)cc2)cc1F.Cc1ccc(I)cc1F.[HH]. The Bertz CT molecular complexity index is 2640. The number of rotatable bonds is 10. The van der Waals surface area contributed by atoms with E-state index in [2.05, 4.69) is 129 Å². The van der Waals surface area contributed by atoms with Gasteiger partial charge in [0.05, 0.1) is 7.11 Å². The monoisotopic (exact) mass is 1120 g/mol. The van der Waals surface area contributed by atoms with Crippen LogP contribution in [0.4, 0.5) is 17.6 Å². The number of carbonyl (C=O) groups excluding carboxylic acids is 2. The zero-order valence-corrected chi connectivity index (χ0v) is 47.6. The van der Waals surface area contributed by atoms with E-state index in [-0.39, 0.29) is 47.4 Å². The van der Waals surface area contributed by atoms with Crippen molar-refractivity contribution >= 4 is 40.5 Å². The highest BCUT2D eigenvalue weighted by Gasteiger charge is 2.14. The van der Waals surface area contributed by atoms with E-state index in [4.69, 9.17) is 5.73 Å². The summed E-state index contributed by atoms with van der Waals surface area (Å²) in [6.45, 7) is 28.4. The van der Waals surface area contributed by atoms with E-state index < -0.39 is 0 Å². The zero-order valence-electron chi connectivity index (χ0n) is 45.4. The van der Waals surface area contributed by atoms with Gasteiger partial charge in [-0.05, 0) is 179 Å². The Kier molecular flexibility index (Phi) is 30.2. The number of amides is 1. The van der Waals surface area contributed by atoms with Crippen LogP contribution in [0.5, 0.6) is 0 Å². The average molecular weight is 1120 g/mol. The molecule has 0 spiro atoms. The fourth-order valence-electron chi connectivity index (χ4n) is 6.21. The van der Waals surface area contributed by atoms with Gasteiger partial charge in [-0.2, -0.15) is 0 Å². The van der Waals surface area contributed by atoms with Gasteiger partial charge in [-0.3, -0.25) is 9.59 Å². The Morgan fingerprint density at radius 1 is 0.603 bits per heavy atom. The fraction of sp³-hybridized carbons (Fsp3) is 0.333. The van der Waals surface area contributed by atoms with Crippen molar-refractivity contribution < 1.29 is 33.3 Å². The van der Waals surface area contributed by atoms with Crippen molar-refractivity contribution in [3.05, 3.63) is 228 Å². The van der Waals surface area contributed by atoms with E-state index in [0.29, 0.717) is 61.0 Å². The summed E-state index contributed by atoms with van der Waals surface area (Å²) in [6, 6.07) is 37.3. The Morgan fingerprint density at radius 2 is 0.986 bits per heavy atom. The molecule has 0 radical (unpaired) electrons. The highest BCUT2D eigenvalue weighted by atomic mass is 127. The average Bonchev–Trinajstić information content (AvgIpc) is 3.34. The van der Waals surface area contributed by atoms with Crippen LogP contribution in [0, 0.1) is 54.5 Å². The van der Waals surface area contributed by atoms with Gasteiger partial charge in [0.2, 0.25) is 5.91 Å². The van der Waals surface area contributed by atoms with E-state index in [1.165, 1.54) is 48.1 Å². The standard InChI is InChI=1S/C21H26FNO.C11H13FO2.C11H17N.C10H11F.C7H6FI.C3H6.H2/c1-15-5-6-16(13-19(15)22)9-12-20(24)23-14-17-7-10-18(11-8-17)21(2,3)4;1-8-3-4-9(7-10(8)12)5-6-11(13)14-2;1-11(2,3)10-6-4-9(8-12)5-7-10;1-3-4-9-6-5-8(2)10(11)7-9;1-5-2-3-6(9)4-7(5)8;1-3-2;/h5-8,10-11,13H,9,12,14H2,1-4H3,(H,23,24);3-4,7H,5-6H2,1-2H3;4-7H,8,12H2,1-3H3;3-7H,1-2H3;2-4H,1H3;3H,1H2,2H3;1H/b;;;4-3+;;;. The number of nitrogens with one attached hydrogen (secondary N) is 1. The molecule has 6 aromatic rings. The van der Waals surface area contributed by atoms with E-state index >= 15 is 0 Å². The van der Waals surface area contributed by atoms with Gasteiger partial charge in [-0.25, -0.2) is 17.6 Å². The van der Waals surface area contributed by atoms with Gasteiger partial charge in [-0.1, -0.05) is 151 Å². The lowest BCUT2D eigenvalue weighted by atomic mass is 9.87. The third-order valence-corrected chi connectivity index (χ3v) is 11.7. The number of ether oxygens (including phenoxy) is 1. The lowest BCUT2D eigenvalue weighted by Gasteiger charge is -2.19. The third kappa shape index (κ3) is 27.1. The van der Waals surface area contributed by atoms with Gasteiger partial charge in [0, 0.05) is 30.9 Å². The van der Waals surface area contributed by atoms with E-state index in [0.717, 1.165) is 25.8 Å². The Labute approximate surface area is 450 Å². The minimum atomic E-state index is -0.272. The van der Waals surface area contributed by atoms with E-state index in [1.807, 2.05) is 50.3 Å². The second-order valence-corrected chi connectivity index (χ2v) is 20.7. The molecule has 0 aromatic heterocycles. The number of esters is 1. The maximum atomic E-state index is 13.5. The smallest absolute Gasteiger partial charge is 0.305 e. The van der Waals surface area contributed by atoms with Crippen molar-refractivity contribution in [1.82, 2.24) is 5.32 Å². The normalized spacial score (nSPS) is 10.6. The zero-order chi connectivity index (χ0) is 55.3. The molecule has 0 saturated carbocycles. The summed E-state index contributed by atoms with van der Waals surface area (Å²) in [5.74, 6) is -0.997. The van der Waals surface area contributed by atoms with Gasteiger partial charge in [0.25, 0.3) is 0 Å². The van der Waals surface area contributed by atoms with Crippen LogP contribution in [0.3, 0.4) is 0 Å². The third-order valence-electron chi connectivity index (χ3n) is 11.0. The van der Waals surface area contributed by atoms with Gasteiger partial charge < -0.3 is 15.8 Å². The first kappa shape index (κ1) is 65.2. The summed E-state index contributed by atoms with van der Waals surface area (Å²) < 4.78 is 57.4. The van der Waals surface area contributed by atoms with Crippen LogP contribution in [0.25, 0.3) is 6.08 Å². The van der Waals surface area contributed by atoms with Crippen LogP contribution in [0.2, 0.25) is 0 Å². The Morgan fingerprint density at radius 3 is 1.36 bits per heavy atom. The molecule has 1 amide bonds. The van der Waals surface area contributed by atoms with Crippen molar-refractivity contribution in [2.45, 2.75) is 133 Å². The van der Waals surface area contributed by atoms with Crippen LogP contribution in [0.1, 0.15) is 131 Å². The maximum Gasteiger partial charge on any atom is 0.305 e. The fourth-order valence-corrected chi connectivity index (χ4v) is 6.67. The summed E-state index contributed by atoms with van der Waals surface area (Å²) >= 11 is 2.08. The van der Waals surface area contributed by atoms with Crippen LogP contribution in [-0.4, -0.2) is 19.0 Å². The molecule has 6 rings (SSSR count). The molecule has 0 fully saturated rings. The van der Waals surface area contributed by atoms with Crippen molar-refractivity contribution in [3.63, 3.8) is 0 Å². The minimum absolute atomic E-state index is 0. The molecule has 3 N–H and O–H groups in total. The molecule has 0 heterocycles. The molecule has 0 atom stereocenters. The molecule has 0 bridgehead atoms. The molecule has 10 heteroatoms.